The Bertz CT molecular complexity index is 1440. The highest BCUT2D eigenvalue weighted by atomic mass is 16.3. The SMILES string of the molecule is CC(C)[C@](O)(c1ccccc1)c1cc(-c2c[nH]c3ncc(-c4cnn(C)c4)cc23)nc(N)n1. The molecule has 8 heteroatoms. The fraction of sp³-hybridized carbons (Fsp3) is 0.200. The molecule has 0 saturated heterocycles. The third-order valence-electron chi connectivity index (χ3n) is 6.03. The first-order chi connectivity index (χ1) is 15.9. The fourth-order valence-corrected chi connectivity index (χ4v) is 4.21. The number of fused-ring (bicyclic) bond motifs is 1. The number of hydrogen-bond donors (Lipinski definition) is 3. The molecule has 4 heterocycles. The van der Waals surface area contributed by atoms with Crippen LogP contribution in [0.4, 0.5) is 5.95 Å². The van der Waals surface area contributed by atoms with Gasteiger partial charge in [-0.15, -0.1) is 0 Å². The molecule has 5 rings (SSSR count). The van der Waals surface area contributed by atoms with E-state index >= 15 is 0 Å². The maximum atomic E-state index is 11.8. The van der Waals surface area contributed by atoms with Gasteiger partial charge in [-0.1, -0.05) is 44.2 Å². The molecule has 0 fully saturated rings. The summed E-state index contributed by atoms with van der Waals surface area (Å²) in [6.45, 7) is 3.92. The number of aromatic nitrogens is 6. The Hall–Kier alpha value is -4.04. The number of aromatic amines is 1. The van der Waals surface area contributed by atoms with Crippen LogP contribution in [0.3, 0.4) is 0 Å². The zero-order valence-corrected chi connectivity index (χ0v) is 18.7. The monoisotopic (exact) mass is 439 g/mol. The number of hydrogen-bond acceptors (Lipinski definition) is 6. The minimum atomic E-state index is -1.32. The maximum absolute atomic E-state index is 11.8. The molecule has 1 aromatic carbocycles. The summed E-state index contributed by atoms with van der Waals surface area (Å²) in [5, 5.41) is 17.0. The van der Waals surface area contributed by atoms with Gasteiger partial charge in [0.15, 0.2) is 0 Å². The average molecular weight is 440 g/mol. The van der Waals surface area contributed by atoms with E-state index in [-0.39, 0.29) is 11.9 Å². The Morgan fingerprint density at radius 1 is 1.06 bits per heavy atom. The van der Waals surface area contributed by atoms with Crippen LogP contribution in [0.25, 0.3) is 33.4 Å². The number of nitrogens with zero attached hydrogens (tertiary/aromatic N) is 5. The number of pyridine rings is 1. The molecule has 4 N–H and O–H groups in total. The van der Waals surface area contributed by atoms with Crippen molar-refractivity contribution in [3.8, 4) is 22.4 Å². The van der Waals surface area contributed by atoms with Gasteiger partial charge in [0.05, 0.1) is 17.6 Å². The molecule has 0 unspecified atom stereocenters. The zero-order chi connectivity index (χ0) is 23.2. The van der Waals surface area contributed by atoms with E-state index in [0.717, 1.165) is 33.3 Å². The van der Waals surface area contributed by atoms with Gasteiger partial charge < -0.3 is 15.8 Å². The van der Waals surface area contributed by atoms with Crippen LogP contribution in [0.1, 0.15) is 25.1 Å². The summed E-state index contributed by atoms with van der Waals surface area (Å²) in [5.74, 6) is -0.0490. The summed E-state index contributed by atoms with van der Waals surface area (Å²) in [6, 6.07) is 13.4. The van der Waals surface area contributed by atoms with Gasteiger partial charge in [0, 0.05) is 47.7 Å². The van der Waals surface area contributed by atoms with Crippen molar-refractivity contribution in [2.24, 2.45) is 13.0 Å². The molecule has 0 aliphatic rings. The lowest BCUT2D eigenvalue weighted by Crippen LogP contribution is -2.34. The third kappa shape index (κ3) is 3.54. The number of rotatable bonds is 5. The maximum Gasteiger partial charge on any atom is 0.220 e. The molecule has 0 aliphatic carbocycles. The standard InChI is InChI=1S/C25H25N7O/c1-15(2)25(33,18-7-5-4-6-8-18)22-10-21(30-24(26)31-22)20-13-28-23-19(20)9-16(11-27-23)17-12-29-32(3)14-17/h4-15,33H,1-3H3,(H,27,28)(H2,26,30,31)/t25-/m0/s1. The number of H-pyrrole nitrogens is 1. The summed E-state index contributed by atoms with van der Waals surface area (Å²) in [6.07, 6.45) is 7.41. The minimum Gasteiger partial charge on any atom is -0.378 e. The van der Waals surface area contributed by atoms with Crippen molar-refractivity contribution in [2.45, 2.75) is 19.4 Å². The molecule has 33 heavy (non-hydrogen) atoms. The van der Waals surface area contributed by atoms with Crippen LogP contribution in [-0.2, 0) is 12.6 Å². The smallest absolute Gasteiger partial charge is 0.220 e. The van der Waals surface area contributed by atoms with Crippen LogP contribution in [0.5, 0.6) is 0 Å². The highest BCUT2D eigenvalue weighted by Gasteiger charge is 2.37. The second-order valence-corrected chi connectivity index (χ2v) is 8.51. The predicted octanol–water partition coefficient (Wildman–Crippen LogP) is 3.89. The molecule has 8 nitrogen and oxygen atoms in total. The summed E-state index contributed by atoms with van der Waals surface area (Å²) >= 11 is 0. The molecule has 0 bridgehead atoms. The number of aryl methyl sites for hydroxylation is 1. The highest BCUT2D eigenvalue weighted by Crippen LogP contribution is 2.38. The van der Waals surface area contributed by atoms with E-state index in [1.807, 2.05) is 75.9 Å². The van der Waals surface area contributed by atoms with E-state index in [9.17, 15) is 5.11 Å². The largest absolute Gasteiger partial charge is 0.378 e. The van der Waals surface area contributed by atoms with Crippen LogP contribution in [0.2, 0.25) is 0 Å². The van der Waals surface area contributed by atoms with Gasteiger partial charge >= 0.3 is 0 Å². The first-order valence-corrected chi connectivity index (χ1v) is 10.8. The van der Waals surface area contributed by atoms with Crippen LogP contribution < -0.4 is 5.73 Å². The average Bonchev–Trinajstić information content (AvgIpc) is 3.44. The number of nitrogens with one attached hydrogen (secondary N) is 1. The van der Waals surface area contributed by atoms with Crippen LogP contribution in [-0.4, -0.2) is 34.8 Å². The Balaban J connectivity index is 1.67. The first kappa shape index (κ1) is 20.8. The van der Waals surface area contributed by atoms with E-state index < -0.39 is 5.60 Å². The van der Waals surface area contributed by atoms with Crippen molar-refractivity contribution >= 4 is 17.0 Å². The van der Waals surface area contributed by atoms with E-state index in [4.69, 9.17) is 5.73 Å². The fourth-order valence-electron chi connectivity index (χ4n) is 4.21. The molecule has 0 radical (unpaired) electrons. The summed E-state index contributed by atoms with van der Waals surface area (Å²) in [4.78, 5) is 16.7. The van der Waals surface area contributed by atoms with Gasteiger partial charge in [-0.3, -0.25) is 4.68 Å². The van der Waals surface area contributed by atoms with Crippen molar-refractivity contribution in [1.29, 1.82) is 0 Å². The molecule has 0 saturated carbocycles. The molecule has 5 aromatic rings. The third-order valence-corrected chi connectivity index (χ3v) is 6.03. The topological polar surface area (TPSA) is 119 Å². The number of nitrogen functional groups attached to an aromatic ring is 1. The van der Waals surface area contributed by atoms with Gasteiger partial charge in [0.25, 0.3) is 0 Å². The second kappa shape index (κ2) is 7.83. The quantitative estimate of drug-likeness (QED) is 0.382. The van der Waals surface area contributed by atoms with E-state index in [0.29, 0.717) is 11.4 Å². The summed E-state index contributed by atoms with van der Waals surface area (Å²) < 4.78 is 1.76. The highest BCUT2D eigenvalue weighted by molar-refractivity contribution is 5.95. The molecule has 0 aliphatic heterocycles. The minimum absolute atomic E-state index is 0.100. The van der Waals surface area contributed by atoms with E-state index in [1.54, 1.807) is 10.9 Å². The normalized spacial score (nSPS) is 13.5. The number of nitrogens with two attached hydrogens (primary N) is 1. The lowest BCUT2D eigenvalue weighted by Gasteiger charge is -2.32. The van der Waals surface area contributed by atoms with Crippen molar-refractivity contribution < 1.29 is 5.11 Å². The molecular weight excluding hydrogens is 414 g/mol. The van der Waals surface area contributed by atoms with Crippen molar-refractivity contribution in [3.63, 3.8) is 0 Å². The van der Waals surface area contributed by atoms with Gasteiger partial charge in [0.1, 0.15) is 11.2 Å². The molecule has 0 amide bonds. The lowest BCUT2D eigenvalue weighted by molar-refractivity contribution is 0.0276. The van der Waals surface area contributed by atoms with Crippen LogP contribution in [0.15, 0.2) is 67.3 Å². The van der Waals surface area contributed by atoms with E-state index in [1.165, 1.54) is 0 Å². The zero-order valence-electron chi connectivity index (χ0n) is 18.7. The predicted molar refractivity (Wildman–Crippen MR) is 128 cm³/mol. The van der Waals surface area contributed by atoms with Gasteiger partial charge in [-0.2, -0.15) is 5.10 Å². The van der Waals surface area contributed by atoms with E-state index in [2.05, 4.69) is 31.1 Å². The first-order valence-electron chi connectivity index (χ1n) is 10.8. The Morgan fingerprint density at radius 3 is 2.55 bits per heavy atom. The van der Waals surface area contributed by atoms with Gasteiger partial charge in [-0.25, -0.2) is 15.0 Å². The lowest BCUT2D eigenvalue weighted by atomic mass is 9.80. The molecular formula is C25H25N7O. The van der Waals surface area contributed by atoms with Crippen molar-refractivity contribution in [2.75, 3.05) is 5.73 Å². The number of benzene rings is 1. The second-order valence-electron chi connectivity index (χ2n) is 8.51. The Labute approximate surface area is 191 Å². The van der Waals surface area contributed by atoms with Crippen LogP contribution in [0, 0.1) is 5.92 Å². The number of aliphatic hydroxyl groups is 1. The van der Waals surface area contributed by atoms with Crippen molar-refractivity contribution in [1.82, 2.24) is 29.7 Å². The van der Waals surface area contributed by atoms with Gasteiger partial charge in [0.2, 0.25) is 5.95 Å². The van der Waals surface area contributed by atoms with Crippen LogP contribution >= 0.6 is 0 Å². The molecule has 1 atom stereocenters. The number of anilines is 1. The Kier molecular flexibility index (Phi) is 4.94. The molecule has 4 aromatic heterocycles. The molecule has 166 valence electrons. The summed E-state index contributed by atoms with van der Waals surface area (Å²) in [5.41, 5.74) is 10.1. The molecule has 0 spiro atoms. The van der Waals surface area contributed by atoms with Crippen molar-refractivity contribution in [3.05, 3.63) is 78.5 Å². The van der Waals surface area contributed by atoms with Gasteiger partial charge in [-0.05, 0) is 23.6 Å². The Morgan fingerprint density at radius 2 is 1.85 bits per heavy atom. The summed E-state index contributed by atoms with van der Waals surface area (Å²) in [7, 11) is 1.88.